The SMILES string of the molecule is C=C/C(=C\C=C(/C)[N+](=O)[O-])CCNCC(=O)OCC. The molecular weight excluding hydrogens is 248 g/mol. The van der Waals surface area contributed by atoms with Crippen LogP contribution in [-0.2, 0) is 9.53 Å². The van der Waals surface area contributed by atoms with Crippen LogP contribution in [0.5, 0.6) is 0 Å². The largest absolute Gasteiger partial charge is 0.465 e. The number of hydrogen-bond acceptors (Lipinski definition) is 5. The maximum Gasteiger partial charge on any atom is 0.319 e. The van der Waals surface area contributed by atoms with E-state index >= 15 is 0 Å². The van der Waals surface area contributed by atoms with E-state index in [0.717, 1.165) is 5.57 Å². The fourth-order valence-corrected chi connectivity index (χ4v) is 1.18. The Balaban J connectivity index is 4.11. The molecule has 0 aliphatic rings. The average molecular weight is 268 g/mol. The molecule has 0 aliphatic carbocycles. The van der Waals surface area contributed by atoms with E-state index in [9.17, 15) is 14.9 Å². The third-order valence-electron chi connectivity index (χ3n) is 2.25. The first-order chi connectivity index (χ1) is 9.01. The molecule has 0 aromatic carbocycles. The van der Waals surface area contributed by atoms with Crippen LogP contribution in [0.15, 0.2) is 36.1 Å². The highest BCUT2D eigenvalue weighted by atomic mass is 16.6. The Bertz CT molecular complexity index is 386. The van der Waals surface area contributed by atoms with Crippen molar-refractivity contribution >= 4 is 5.97 Å². The normalized spacial score (nSPS) is 12.1. The summed E-state index contributed by atoms with van der Waals surface area (Å²) in [6.45, 7) is 7.91. The summed E-state index contributed by atoms with van der Waals surface area (Å²) in [7, 11) is 0. The van der Waals surface area contributed by atoms with Crippen LogP contribution in [0, 0.1) is 10.1 Å². The highest BCUT2D eigenvalue weighted by Gasteiger charge is 2.01. The molecule has 0 heterocycles. The van der Waals surface area contributed by atoms with Gasteiger partial charge in [0.2, 0.25) is 5.70 Å². The maximum atomic E-state index is 11.0. The number of rotatable bonds is 9. The summed E-state index contributed by atoms with van der Waals surface area (Å²) in [4.78, 5) is 21.0. The number of carbonyl (C=O) groups is 1. The topological polar surface area (TPSA) is 81.5 Å². The Kier molecular flexibility index (Phi) is 8.99. The highest BCUT2D eigenvalue weighted by Crippen LogP contribution is 2.04. The van der Waals surface area contributed by atoms with Crippen LogP contribution < -0.4 is 5.32 Å². The van der Waals surface area contributed by atoms with Crippen molar-refractivity contribution in [3.63, 3.8) is 0 Å². The molecule has 0 fully saturated rings. The standard InChI is InChI=1S/C13H20N2O4/c1-4-12(7-6-11(3)15(17)18)8-9-14-10-13(16)19-5-2/h4,6-7,14H,1,5,8-10H2,2-3H3/b11-6+,12-7+. The molecule has 0 aliphatic heterocycles. The lowest BCUT2D eigenvalue weighted by Crippen LogP contribution is -2.25. The van der Waals surface area contributed by atoms with E-state index in [1.807, 2.05) is 0 Å². The van der Waals surface area contributed by atoms with Crippen molar-refractivity contribution in [2.45, 2.75) is 20.3 Å². The summed E-state index contributed by atoms with van der Waals surface area (Å²) in [5.74, 6) is -0.296. The molecule has 0 saturated carbocycles. The third kappa shape index (κ3) is 8.73. The molecule has 0 saturated heterocycles. The summed E-state index contributed by atoms with van der Waals surface area (Å²) >= 11 is 0. The molecule has 0 bridgehead atoms. The minimum atomic E-state index is -0.448. The fourth-order valence-electron chi connectivity index (χ4n) is 1.18. The molecule has 0 amide bonds. The van der Waals surface area contributed by atoms with E-state index in [2.05, 4.69) is 11.9 Å². The second kappa shape index (κ2) is 10.0. The smallest absolute Gasteiger partial charge is 0.319 e. The molecule has 106 valence electrons. The van der Waals surface area contributed by atoms with Crippen molar-refractivity contribution in [3.05, 3.63) is 46.2 Å². The van der Waals surface area contributed by atoms with E-state index < -0.39 is 4.92 Å². The van der Waals surface area contributed by atoms with Crippen molar-refractivity contribution in [2.75, 3.05) is 19.7 Å². The zero-order chi connectivity index (χ0) is 14.7. The summed E-state index contributed by atoms with van der Waals surface area (Å²) in [6, 6.07) is 0. The molecular formula is C13H20N2O4. The molecule has 1 N–H and O–H groups in total. The predicted molar refractivity (Wildman–Crippen MR) is 73.2 cm³/mol. The number of nitro groups is 1. The van der Waals surface area contributed by atoms with Gasteiger partial charge in [-0.05, 0) is 25.5 Å². The van der Waals surface area contributed by atoms with Crippen LogP contribution in [0.25, 0.3) is 0 Å². The second-order valence-corrected chi connectivity index (χ2v) is 3.74. The lowest BCUT2D eigenvalue weighted by molar-refractivity contribution is -0.424. The fraction of sp³-hybridized carbons (Fsp3) is 0.462. The van der Waals surface area contributed by atoms with E-state index in [1.54, 1.807) is 19.1 Å². The van der Waals surface area contributed by atoms with Crippen LogP contribution in [-0.4, -0.2) is 30.6 Å². The van der Waals surface area contributed by atoms with Gasteiger partial charge in [0.15, 0.2) is 0 Å². The summed E-state index contributed by atoms with van der Waals surface area (Å²) < 4.78 is 4.76. The Hall–Kier alpha value is -1.95. The monoisotopic (exact) mass is 268 g/mol. The Morgan fingerprint density at radius 2 is 2.16 bits per heavy atom. The van der Waals surface area contributed by atoms with Crippen LogP contribution in [0.3, 0.4) is 0 Å². The van der Waals surface area contributed by atoms with Gasteiger partial charge in [0.25, 0.3) is 0 Å². The van der Waals surface area contributed by atoms with Crippen LogP contribution in [0.4, 0.5) is 0 Å². The number of carbonyl (C=O) groups excluding carboxylic acids is 1. The molecule has 0 aromatic heterocycles. The number of nitrogens with one attached hydrogen (secondary N) is 1. The third-order valence-corrected chi connectivity index (χ3v) is 2.25. The van der Waals surface area contributed by atoms with Gasteiger partial charge in [-0.2, -0.15) is 0 Å². The van der Waals surface area contributed by atoms with Gasteiger partial charge in [0, 0.05) is 13.0 Å². The van der Waals surface area contributed by atoms with Gasteiger partial charge in [-0.25, -0.2) is 0 Å². The van der Waals surface area contributed by atoms with Crippen LogP contribution in [0.2, 0.25) is 0 Å². The molecule has 0 radical (unpaired) electrons. The van der Waals surface area contributed by atoms with Gasteiger partial charge < -0.3 is 10.1 Å². The van der Waals surface area contributed by atoms with Gasteiger partial charge in [-0.15, -0.1) is 0 Å². The molecule has 6 nitrogen and oxygen atoms in total. The molecule has 0 rings (SSSR count). The number of ether oxygens (including phenoxy) is 1. The van der Waals surface area contributed by atoms with Gasteiger partial charge in [-0.1, -0.05) is 18.7 Å². The first-order valence-electron chi connectivity index (χ1n) is 6.01. The van der Waals surface area contributed by atoms with Crippen LogP contribution in [0.1, 0.15) is 20.3 Å². The highest BCUT2D eigenvalue weighted by molar-refractivity contribution is 5.71. The minimum absolute atomic E-state index is 0.0684. The summed E-state index contributed by atoms with van der Waals surface area (Å²) in [6.07, 6.45) is 5.35. The van der Waals surface area contributed by atoms with Crippen molar-refractivity contribution in [3.8, 4) is 0 Å². The quantitative estimate of drug-likeness (QED) is 0.227. The number of esters is 1. The second-order valence-electron chi connectivity index (χ2n) is 3.74. The Morgan fingerprint density at radius 1 is 1.47 bits per heavy atom. The average Bonchev–Trinajstić information content (AvgIpc) is 2.37. The molecule has 0 atom stereocenters. The maximum absolute atomic E-state index is 11.0. The van der Waals surface area contributed by atoms with Gasteiger partial charge in [-0.3, -0.25) is 14.9 Å². The van der Waals surface area contributed by atoms with E-state index in [0.29, 0.717) is 19.6 Å². The van der Waals surface area contributed by atoms with Crippen molar-refractivity contribution in [1.82, 2.24) is 5.32 Å². The van der Waals surface area contributed by atoms with E-state index in [4.69, 9.17) is 4.74 Å². The Morgan fingerprint density at radius 3 is 2.68 bits per heavy atom. The van der Waals surface area contributed by atoms with E-state index in [-0.39, 0.29) is 18.2 Å². The Labute approximate surface area is 113 Å². The van der Waals surface area contributed by atoms with Crippen molar-refractivity contribution in [1.29, 1.82) is 0 Å². The number of allylic oxidation sites excluding steroid dienone is 4. The first-order valence-corrected chi connectivity index (χ1v) is 6.01. The van der Waals surface area contributed by atoms with Crippen LogP contribution >= 0.6 is 0 Å². The zero-order valence-electron chi connectivity index (χ0n) is 11.3. The molecule has 0 unspecified atom stereocenters. The van der Waals surface area contributed by atoms with E-state index in [1.165, 1.54) is 13.0 Å². The van der Waals surface area contributed by atoms with Crippen molar-refractivity contribution in [2.24, 2.45) is 0 Å². The zero-order valence-corrected chi connectivity index (χ0v) is 11.3. The lowest BCUT2D eigenvalue weighted by Gasteiger charge is -2.04. The summed E-state index contributed by atoms with van der Waals surface area (Å²) in [5.41, 5.74) is 0.927. The summed E-state index contributed by atoms with van der Waals surface area (Å²) in [5, 5.41) is 13.3. The molecule has 0 aromatic rings. The van der Waals surface area contributed by atoms with Gasteiger partial charge >= 0.3 is 5.97 Å². The lowest BCUT2D eigenvalue weighted by atomic mass is 10.1. The first kappa shape index (κ1) is 17.1. The molecule has 19 heavy (non-hydrogen) atoms. The van der Waals surface area contributed by atoms with Gasteiger partial charge in [0.05, 0.1) is 18.1 Å². The van der Waals surface area contributed by atoms with Gasteiger partial charge in [0.1, 0.15) is 0 Å². The molecule has 6 heteroatoms. The van der Waals surface area contributed by atoms with Crippen molar-refractivity contribution < 1.29 is 14.5 Å². The minimum Gasteiger partial charge on any atom is -0.465 e. The predicted octanol–water partition coefficient (Wildman–Crippen LogP) is 1.82. The molecule has 0 spiro atoms. The number of nitrogens with zero attached hydrogens (tertiary/aromatic N) is 1. The number of hydrogen-bond donors (Lipinski definition) is 1.